The molecule has 0 aliphatic heterocycles. The Hall–Kier alpha value is -1.55. The monoisotopic (exact) mass is 264 g/mol. The zero-order valence-electron chi connectivity index (χ0n) is 11.8. The second-order valence-electron chi connectivity index (χ2n) is 4.94. The van der Waals surface area contributed by atoms with Crippen molar-refractivity contribution in [3.63, 3.8) is 0 Å². The molecule has 1 rings (SSSR count). The largest absolute Gasteiger partial charge is 0.508 e. The Morgan fingerprint density at radius 2 is 1.95 bits per heavy atom. The van der Waals surface area contributed by atoms with Gasteiger partial charge in [0.05, 0.1) is 6.04 Å². The van der Waals surface area contributed by atoms with Gasteiger partial charge >= 0.3 is 0 Å². The van der Waals surface area contributed by atoms with E-state index in [0.717, 1.165) is 31.4 Å². The molecule has 0 radical (unpaired) electrons. The Bertz CT molecular complexity index is 390. The predicted molar refractivity (Wildman–Crippen MR) is 76.9 cm³/mol. The van der Waals surface area contributed by atoms with Gasteiger partial charge in [-0.15, -0.1) is 0 Å². The van der Waals surface area contributed by atoms with Crippen molar-refractivity contribution in [3.8, 4) is 5.75 Å². The van der Waals surface area contributed by atoms with Crippen LogP contribution in [0.3, 0.4) is 0 Å². The highest BCUT2D eigenvalue weighted by Crippen LogP contribution is 2.11. The Labute approximate surface area is 115 Å². The Balaban J connectivity index is 2.45. The first-order chi connectivity index (χ1) is 9.04. The van der Waals surface area contributed by atoms with Crippen LogP contribution >= 0.6 is 0 Å². The average Bonchev–Trinajstić information content (AvgIpc) is 2.40. The van der Waals surface area contributed by atoms with Crippen LogP contribution in [0.1, 0.15) is 31.7 Å². The number of amides is 1. The van der Waals surface area contributed by atoms with E-state index in [0.29, 0.717) is 6.42 Å². The molecule has 1 amide bonds. The van der Waals surface area contributed by atoms with Gasteiger partial charge in [-0.3, -0.25) is 4.79 Å². The van der Waals surface area contributed by atoms with E-state index in [2.05, 4.69) is 6.92 Å². The Morgan fingerprint density at radius 1 is 1.32 bits per heavy atom. The fourth-order valence-electron chi connectivity index (χ4n) is 1.97. The van der Waals surface area contributed by atoms with Crippen LogP contribution in [-0.2, 0) is 11.2 Å². The molecule has 0 fully saturated rings. The van der Waals surface area contributed by atoms with Crippen molar-refractivity contribution in [2.24, 2.45) is 5.73 Å². The zero-order valence-corrected chi connectivity index (χ0v) is 11.8. The van der Waals surface area contributed by atoms with Crippen LogP contribution < -0.4 is 5.73 Å². The summed E-state index contributed by atoms with van der Waals surface area (Å²) in [4.78, 5) is 13.8. The maximum absolute atomic E-state index is 12.1. The molecule has 0 unspecified atom stereocenters. The first kappa shape index (κ1) is 15.5. The van der Waals surface area contributed by atoms with Crippen molar-refractivity contribution in [1.29, 1.82) is 0 Å². The number of carbonyl (C=O) groups is 1. The lowest BCUT2D eigenvalue weighted by atomic mass is 10.1. The molecule has 0 saturated heterocycles. The number of phenolic OH excluding ortho intramolecular Hbond substituents is 1. The predicted octanol–water partition coefficient (Wildman–Crippen LogP) is 1.91. The van der Waals surface area contributed by atoms with E-state index in [4.69, 9.17) is 5.73 Å². The number of aromatic hydroxyl groups is 1. The molecule has 106 valence electrons. The minimum Gasteiger partial charge on any atom is -0.508 e. The van der Waals surface area contributed by atoms with Crippen LogP contribution in [0.5, 0.6) is 5.75 Å². The minimum absolute atomic E-state index is 0.0239. The van der Waals surface area contributed by atoms with Crippen LogP contribution in [0.4, 0.5) is 0 Å². The molecule has 1 aromatic carbocycles. The number of nitrogens with zero attached hydrogens (tertiary/aromatic N) is 1. The molecule has 1 atom stereocenters. The van der Waals surface area contributed by atoms with Crippen molar-refractivity contribution in [3.05, 3.63) is 29.8 Å². The maximum Gasteiger partial charge on any atom is 0.239 e. The van der Waals surface area contributed by atoms with E-state index in [9.17, 15) is 9.90 Å². The molecule has 4 heteroatoms. The van der Waals surface area contributed by atoms with Gasteiger partial charge < -0.3 is 15.7 Å². The van der Waals surface area contributed by atoms with Gasteiger partial charge in [0.15, 0.2) is 0 Å². The van der Waals surface area contributed by atoms with Crippen LogP contribution in [0.15, 0.2) is 24.3 Å². The fraction of sp³-hybridized carbons (Fsp3) is 0.533. The van der Waals surface area contributed by atoms with Gasteiger partial charge in [0.2, 0.25) is 5.91 Å². The first-order valence-corrected chi connectivity index (χ1v) is 6.83. The van der Waals surface area contributed by atoms with E-state index in [1.807, 2.05) is 0 Å². The number of benzene rings is 1. The van der Waals surface area contributed by atoms with E-state index in [1.54, 1.807) is 36.2 Å². The second kappa shape index (κ2) is 7.79. The third-order valence-electron chi connectivity index (χ3n) is 3.18. The SMILES string of the molecule is CCCCCN(C)C(=O)[C@@H](N)Cc1ccc(O)cc1. The number of likely N-dealkylation sites (N-methyl/N-ethyl adjacent to an activating group) is 1. The first-order valence-electron chi connectivity index (χ1n) is 6.83. The second-order valence-corrected chi connectivity index (χ2v) is 4.94. The highest BCUT2D eigenvalue weighted by Gasteiger charge is 2.17. The normalized spacial score (nSPS) is 12.2. The summed E-state index contributed by atoms with van der Waals surface area (Å²) in [6.07, 6.45) is 3.79. The number of phenols is 1. The lowest BCUT2D eigenvalue weighted by Crippen LogP contribution is -2.43. The number of carbonyl (C=O) groups excluding carboxylic acids is 1. The third-order valence-corrected chi connectivity index (χ3v) is 3.18. The number of rotatable bonds is 7. The minimum atomic E-state index is -0.517. The van der Waals surface area contributed by atoms with E-state index >= 15 is 0 Å². The zero-order chi connectivity index (χ0) is 14.3. The molecule has 0 aromatic heterocycles. The van der Waals surface area contributed by atoms with E-state index < -0.39 is 6.04 Å². The van der Waals surface area contributed by atoms with Crippen molar-refractivity contribution in [1.82, 2.24) is 4.90 Å². The van der Waals surface area contributed by atoms with Gasteiger partial charge in [0, 0.05) is 13.6 Å². The smallest absolute Gasteiger partial charge is 0.239 e. The highest BCUT2D eigenvalue weighted by molar-refractivity contribution is 5.81. The summed E-state index contributed by atoms with van der Waals surface area (Å²) in [6, 6.07) is 6.28. The van der Waals surface area contributed by atoms with Crippen LogP contribution in [-0.4, -0.2) is 35.5 Å². The molecular weight excluding hydrogens is 240 g/mol. The Kier molecular flexibility index (Phi) is 6.36. The molecule has 0 aliphatic carbocycles. The molecule has 4 nitrogen and oxygen atoms in total. The molecule has 0 heterocycles. The fourth-order valence-corrected chi connectivity index (χ4v) is 1.97. The molecule has 0 spiro atoms. The number of hydrogen-bond acceptors (Lipinski definition) is 3. The van der Waals surface area contributed by atoms with Gasteiger partial charge in [-0.25, -0.2) is 0 Å². The third kappa shape index (κ3) is 5.30. The lowest BCUT2D eigenvalue weighted by Gasteiger charge is -2.21. The number of nitrogens with two attached hydrogens (primary N) is 1. The lowest BCUT2D eigenvalue weighted by molar-refractivity contribution is -0.131. The van der Waals surface area contributed by atoms with Crippen molar-refractivity contribution in [2.75, 3.05) is 13.6 Å². The van der Waals surface area contributed by atoms with E-state index in [1.165, 1.54) is 0 Å². The Morgan fingerprint density at radius 3 is 2.53 bits per heavy atom. The van der Waals surface area contributed by atoms with Gasteiger partial charge in [-0.1, -0.05) is 31.9 Å². The summed E-state index contributed by atoms with van der Waals surface area (Å²) in [5.41, 5.74) is 6.90. The summed E-state index contributed by atoms with van der Waals surface area (Å²) in [5, 5.41) is 9.20. The quantitative estimate of drug-likeness (QED) is 0.739. The standard InChI is InChI=1S/C15H24N2O2/c1-3-4-5-10-17(2)15(19)14(16)11-12-6-8-13(18)9-7-12/h6-9,14,18H,3-5,10-11,16H2,1-2H3/t14-/m0/s1. The van der Waals surface area contributed by atoms with Gasteiger partial charge in [0.25, 0.3) is 0 Å². The van der Waals surface area contributed by atoms with Gasteiger partial charge in [-0.2, -0.15) is 0 Å². The average molecular weight is 264 g/mol. The summed E-state index contributed by atoms with van der Waals surface area (Å²) >= 11 is 0. The van der Waals surface area contributed by atoms with Gasteiger partial charge in [-0.05, 0) is 30.5 Å². The molecule has 19 heavy (non-hydrogen) atoms. The van der Waals surface area contributed by atoms with Crippen LogP contribution in [0.25, 0.3) is 0 Å². The summed E-state index contributed by atoms with van der Waals surface area (Å²) in [6.45, 7) is 2.90. The van der Waals surface area contributed by atoms with Crippen molar-refractivity contribution >= 4 is 5.91 Å². The topological polar surface area (TPSA) is 66.6 Å². The van der Waals surface area contributed by atoms with Crippen LogP contribution in [0, 0.1) is 0 Å². The molecule has 0 aliphatic rings. The summed E-state index contributed by atoms with van der Waals surface area (Å²) < 4.78 is 0. The highest BCUT2D eigenvalue weighted by atomic mass is 16.3. The van der Waals surface area contributed by atoms with Crippen LogP contribution in [0.2, 0.25) is 0 Å². The number of hydrogen-bond donors (Lipinski definition) is 2. The summed E-state index contributed by atoms with van der Waals surface area (Å²) in [7, 11) is 1.80. The van der Waals surface area contributed by atoms with Crippen molar-refractivity contribution in [2.45, 2.75) is 38.6 Å². The number of unbranched alkanes of at least 4 members (excludes halogenated alkanes) is 2. The maximum atomic E-state index is 12.1. The van der Waals surface area contributed by atoms with E-state index in [-0.39, 0.29) is 11.7 Å². The molecule has 3 N–H and O–H groups in total. The summed E-state index contributed by atoms with van der Waals surface area (Å²) in [5.74, 6) is 0.199. The molecular formula is C15H24N2O2. The molecule has 0 saturated carbocycles. The molecule has 0 bridgehead atoms. The molecule has 1 aromatic rings. The van der Waals surface area contributed by atoms with Crippen molar-refractivity contribution < 1.29 is 9.90 Å². The van der Waals surface area contributed by atoms with Gasteiger partial charge in [0.1, 0.15) is 5.75 Å².